The molecule has 0 aliphatic carbocycles. The molecule has 0 saturated heterocycles. The molecule has 0 aliphatic heterocycles. The number of carbonyl (C=O) groups is 2. The van der Waals surface area contributed by atoms with Crippen molar-refractivity contribution in [3.05, 3.63) is 46.2 Å². The second kappa shape index (κ2) is 5.49. The number of thiazole rings is 1. The van der Waals surface area contributed by atoms with Crippen molar-refractivity contribution >= 4 is 29.0 Å². The van der Waals surface area contributed by atoms with Gasteiger partial charge in [-0.3, -0.25) is 4.79 Å². The van der Waals surface area contributed by atoms with Crippen LogP contribution in [0, 0.1) is 0 Å². The van der Waals surface area contributed by atoms with Gasteiger partial charge in [0.15, 0.2) is 4.80 Å². The van der Waals surface area contributed by atoms with Gasteiger partial charge in [-0.2, -0.15) is 4.99 Å². The number of primary amides is 1. The summed E-state index contributed by atoms with van der Waals surface area (Å²) in [5.74, 6) is -0.369. The Bertz CT molecular complexity index is 687. The van der Waals surface area contributed by atoms with Crippen molar-refractivity contribution in [1.82, 2.24) is 4.57 Å². The SMILES string of the molecule is Cn1ccsc1=NC(=O)c1cccc(NC(N)=O)c1. The number of hydrogen-bond donors (Lipinski definition) is 2. The molecule has 3 amide bonds. The zero-order chi connectivity index (χ0) is 13.8. The number of aryl methyl sites for hydroxylation is 1. The van der Waals surface area contributed by atoms with Crippen LogP contribution in [0.15, 0.2) is 40.8 Å². The molecule has 0 spiro atoms. The van der Waals surface area contributed by atoms with Crippen LogP contribution < -0.4 is 15.9 Å². The Kier molecular flexibility index (Phi) is 3.76. The molecule has 1 heterocycles. The van der Waals surface area contributed by atoms with Crippen LogP contribution in [0.25, 0.3) is 0 Å². The third-order valence-electron chi connectivity index (χ3n) is 2.33. The smallest absolute Gasteiger partial charge is 0.316 e. The minimum atomic E-state index is -0.675. The van der Waals surface area contributed by atoms with Crippen LogP contribution in [0.2, 0.25) is 0 Å². The highest BCUT2D eigenvalue weighted by Crippen LogP contribution is 2.11. The maximum atomic E-state index is 12.0. The summed E-state index contributed by atoms with van der Waals surface area (Å²) in [6.07, 6.45) is 1.82. The number of amides is 3. The van der Waals surface area contributed by atoms with E-state index in [1.807, 2.05) is 18.6 Å². The lowest BCUT2D eigenvalue weighted by molar-refractivity contribution is 0.0998. The zero-order valence-corrected chi connectivity index (χ0v) is 11.0. The second-order valence-corrected chi connectivity index (χ2v) is 4.66. The molecule has 1 aromatic carbocycles. The monoisotopic (exact) mass is 276 g/mol. The van der Waals surface area contributed by atoms with Crippen LogP contribution in [-0.4, -0.2) is 16.5 Å². The fraction of sp³-hybridized carbons (Fsp3) is 0.0833. The van der Waals surface area contributed by atoms with E-state index in [-0.39, 0.29) is 5.91 Å². The van der Waals surface area contributed by atoms with E-state index in [1.54, 1.807) is 22.8 Å². The third kappa shape index (κ3) is 3.29. The molecule has 1 aromatic heterocycles. The Labute approximate surface area is 113 Å². The number of urea groups is 1. The van der Waals surface area contributed by atoms with Gasteiger partial charge in [0.1, 0.15) is 0 Å². The Balaban J connectivity index is 2.30. The number of nitrogens with two attached hydrogens (primary N) is 1. The van der Waals surface area contributed by atoms with Crippen LogP contribution in [0.4, 0.5) is 10.5 Å². The van der Waals surface area contributed by atoms with E-state index in [0.29, 0.717) is 16.1 Å². The summed E-state index contributed by atoms with van der Waals surface area (Å²) in [5.41, 5.74) is 5.87. The number of rotatable bonds is 2. The molecule has 0 aliphatic rings. The maximum absolute atomic E-state index is 12.0. The predicted octanol–water partition coefficient (Wildman–Crippen LogP) is 1.32. The summed E-state index contributed by atoms with van der Waals surface area (Å²) in [4.78, 5) is 27.4. The first kappa shape index (κ1) is 13.0. The molecule has 19 heavy (non-hydrogen) atoms. The number of nitrogens with zero attached hydrogens (tertiary/aromatic N) is 2. The van der Waals surface area contributed by atoms with E-state index in [9.17, 15) is 9.59 Å². The zero-order valence-electron chi connectivity index (χ0n) is 10.2. The quantitative estimate of drug-likeness (QED) is 0.866. The first-order valence-corrected chi connectivity index (χ1v) is 6.30. The number of aromatic nitrogens is 1. The lowest BCUT2D eigenvalue weighted by atomic mass is 10.2. The highest BCUT2D eigenvalue weighted by atomic mass is 32.1. The van der Waals surface area contributed by atoms with E-state index in [0.717, 1.165) is 0 Å². The summed E-state index contributed by atoms with van der Waals surface area (Å²) in [7, 11) is 1.81. The van der Waals surface area contributed by atoms with E-state index >= 15 is 0 Å². The number of nitrogens with one attached hydrogen (secondary N) is 1. The van der Waals surface area contributed by atoms with E-state index < -0.39 is 6.03 Å². The number of anilines is 1. The first-order chi connectivity index (χ1) is 9.06. The van der Waals surface area contributed by atoms with Gasteiger partial charge in [0.25, 0.3) is 5.91 Å². The Morgan fingerprint density at radius 2 is 2.21 bits per heavy atom. The third-order valence-corrected chi connectivity index (χ3v) is 3.18. The first-order valence-electron chi connectivity index (χ1n) is 5.42. The average molecular weight is 276 g/mol. The topological polar surface area (TPSA) is 89.5 Å². The lowest BCUT2D eigenvalue weighted by Crippen LogP contribution is -2.19. The minimum Gasteiger partial charge on any atom is -0.351 e. The highest BCUT2D eigenvalue weighted by molar-refractivity contribution is 7.07. The van der Waals surface area contributed by atoms with Crippen molar-refractivity contribution in [2.24, 2.45) is 17.8 Å². The molecular weight excluding hydrogens is 264 g/mol. The molecule has 0 atom stereocenters. The lowest BCUT2D eigenvalue weighted by Gasteiger charge is -2.02. The standard InChI is InChI=1S/C12H12N4O2S/c1-16-5-6-19-12(16)15-10(17)8-3-2-4-9(7-8)14-11(13)18/h2-7H,1H3,(H3,13,14,18). The average Bonchev–Trinajstić information content (AvgIpc) is 2.74. The summed E-state index contributed by atoms with van der Waals surface area (Å²) in [5, 5.41) is 4.26. The van der Waals surface area contributed by atoms with Crippen molar-refractivity contribution in [2.45, 2.75) is 0 Å². The van der Waals surface area contributed by atoms with Crippen LogP contribution in [-0.2, 0) is 7.05 Å². The highest BCUT2D eigenvalue weighted by Gasteiger charge is 2.06. The molecule has 0 bridgehead atoms. The fourth-order valence-corrected chi connectivity index (χ4v) is 2.19. The van der Waals surface area contributed by atoms with E-state index in [1.165, 1.54) is 17.4 Å². The maximum Gasteiger partial charge on any atom is 0.316 e. The summed E-state index contributed by atoms with van der Waals surface area (Å²) >= 11 is 1.37. The predicted molar refractivity (Wildman–Crippen MR) is 72.8 cm³/mol. The summed E-state index contributed by atoms with van der Waals surface area (Å²) in [6.45, 7) is 0. The van der Waals surface area contributed by atoms with E-state index in [4.69, 9.17) is 5.73 Å². The van der Waals surface area contributed by atoms with Crippen LogP contribution >= 0.6 is 11.3 Å². The Hall–Kier alpha value is -2.41. The van der Waals surface area contributed by atoms with Crippen molar-refractivity contribution < 1.29 is 9.59 Å². The minimum absolute atomic E-state index is 0.369. The molecule has 0 radical (unpaired) electrons. The molecule has 0 unspecified atom stereocenters. The van der Waals surface area contributed by atoms with Gasteiger partial charge in [-0.15, -0.1) is 11.3 Å². The molecule has 0 saturated carbocycles. The van der Waals surface area contributed by atoms with Crippen molar-refractivity contribution in [3.8, 4) is 0 Å². The number of benzene rings is 1. The van der Waals surface area contributed by atoms with Gasteiger partial charge in [-0.25, -0.2) is 4.79 Å². The van der Waals surface area contributed by atoms with E-state index in [2.05, 4.69) is 10.3 Å². The van der Waals surface area contributed by atoms with Gasteiger partial charge < -0.3 is 15.6 Å². The number of carbonyl (C=O) groups excluding carboxylic acids is 2. The molecular formula is C12H12N4O2S. The Morgan fingerprint density at radius 1 is 1.42 bits per heavy atom. The van der Waals surface area contributed by atoms with Crippen LogP contribution in [0.1, 0.15) is 10.4 Å². The molecule has 2 aromatic rings. The Morgan fingerprint density at radius 3 is 2.84 bits per heavy atom. The van der Waals surface area contributed by atoms with Gasteiger partial charge >= 0.3 is 6.03 Å². The van der Waals surface area contributed by atoms with Crippen molar-refractivity contribution in [1.29, 1.82) is 0 Å². The summed E-state index contributed by atoms with van der Waals surface area (Å²) in [6, 6.07) is 5.79. The van der Waals surface area contributed by atoms with Crippen LogP contribution in [0.3, 0.4) is 0 Å². The normalized spacial score (nSPS) is 11.3. The molecule has 7 heteroatoms. The van der Waals surface area contributed by atoms with Crippen molar-refractivity contribution in [2.75, 3.05) is 5.32 Å². The largest absolute Gasteiger partial charge is 0.351 e. The fourth-order valence-electron chi connectivity index (χ4n) is 1.46. The van der Waals surface area contributed by atoms with Gasteiger partial charge in [-0.1, -0.05) is 6.07 Å². The number of hydrogen-bond acceptors (Lipinski definition) is 3. The molecule has 0 fully saturated rings. The van der Waals surface area contributed by atoms with Gasteiger partial charge in [0.05, 0.1) is 0 Å². The van der Waals surface area contributed by atoms with Gasteiger partial charge in [0.2, 0.25) is 0 Å². The molecule has 98 valence electrons. The molecule has 6 nitrogen and oxygen atoms in total. The van der Waals surface area contributed by atoms with Gasteiger partial charge in [-0.05, 0) is 18.2 Å². The molecule has 3 N–H and O–H groups in total. The van der Waals surface area contributed by atoms with Crippen molar-refractivity contribution in [3.63, 3.8) is 0 Å². The van der Waals surface area contributed by atoms with Crippen LogP contribution in [0.5, 0.6) is 0 Å². The molecule has 2 rings (SSSR count). The summed E-state index contributed by atoms with van der Waals surface area (Å²) < 4.78 is 1.76. The second-order valence-electron chi connectivity index (χ2n) is 3.78. The van der Waals surface area contributed by atoms with Gasteiger partial charge in [0, 0.05) is 29.9 Å².